The largest absolute Gasteiger partial charge is 0.483 e. The number of fused-ring (bicyclic) bond motifs is 2. The lowest BCUT2D eigenvalue weighted by molar-refractivity contribution is -0.137. The number of carbonyl (C=O) groups is 4. The van der Waals surface area contributed by atoms with Crippen molar-refractivity contribution in [1.29, 1.82) is 0 Å². The summed E-state index contributed by atoms with van der Waals surface area (Å²) in [5.41, 5.74) is -0.819. The number of imide groups is 1. The average molecular weight is 718 g/mol. The molecule has 3 amide bonds. The molecular formula is C32H23ClF3N3O7S2. The maximum Gasteiger partial charge on any atom is 0.418 e. The fraction of sp³-hybridized carbons (Fsp3) is 0.219. The summed E-state index contributed by atoms with van der Waals surface area (Å²) >= 11 is 8.06. The zero-order valence-corrected chi connectivity index (χ0v) is 27.0. The van der Waals surface area contributed by atoms with Crippen LogP contribution in [-0.4, -0.2) is 47.1 Å². The molecule has 2 aliphatic heterocycles. The molecule has 16 heteroatoms. The first-order valence-corrected chi connectivity index (χ1v) is 16.4. The number of H-pyrrole nitrogens is 1. The van der Waals surface area contributed by atoms with Crippen molar-refractivity contribution in [3.63, 3.8) is 0 Å². The van der Waals surface area contributed by atoms with E-state index in [2.05, 4.69) is 10.3 Å². The van der Waals surface area contributed by atoms with Gasteiger partial charge in [-0.2, -0.15) is 13.2 Å². The van der Waals surface area contributed by atoms with Gasteiger partial charge in [0.05, 0.1) is 34.4 Å². The number of benzene rings is 3. The second-order valence-corrected chi connectivity index (χ2v) is 13.2. The molecular weight excluding hydrogens is 695 g/mol. The van der Waals surface area contributed by atoms with Gasteiger partial charge in [0.1, 0.15) is 11.0 Å². The van der Waals surface area contributed by atoms with Crippen LogP contribution >= 0.6 is 34.7 Å². The third-order valence-electron chi connectivity index (χ3n) is 7.62. The van der Waals surface area contributed by atoms with E-state index >= 15 is 0 Å². The number of nitrogens with one attached hydrogen (secondary N) is 2. The molecule has 1 saturated heterocycles. The monoisotopic (exact) mass is 717 g/mol. The Hall–Kier alpha value is -4.60. The van der Waals surface area contributed by atoms with Crippen molar-refractivity contribution in [3.05, 3.63) is 103 Å². The lowest BCUT2D eigenvalue weighted by atomic mass is 9.82. The van der Waals surface area contributed by atoms with Crippen molar-refractivity contribution in [2.75, 3.05) is 23.4 Å². The van der Waals surface area contributed by atoms with Gasteiger partial charge in [-0.25, -0.2) is 9.69 Å². The molecule has 6 rings (SSSR count). The number of rotatable bonds is 8. The van der Waals surface area contributed by atoms with Gasteiger partial charge < -0.3 is 19.8 Å². The number of anilines is 2. The molecule has 1 aromatic heterocycles. The van der Waals surface area contributed by atoms with Crippen LogP contribution in [0.1, 0.15) is 39.2 Å². The number of halogens is 4. The van der Waals surface area contributed by atoms with Crippen LogP contribution in [0.25, 0.3) is 0 Å². The minimum Gasteiger partial charge on any atom is -0.483 e. The minimum absolute atomic E-state index is 0.101. The van der Waals surface area contributed by atoms with Gasteiger partial charge >= 0.3 is 17.0 Å². The predicted molar refractivity (Wildman–Crippen MR) is 172 cm³/mol. The van der Waals surface area contributed by atoms with Crippen LogP contribution in [0.2, 0.25) is 5.02 Å². The molecule has 0 radical (unpaired) electrons. The number of para-hydroxylation sites is 1. The van der Waals surface area contributed by atoms with E-state index in [0.717, 1.165) is 41.3 Å². The molecule has 1 fully saturated rings. The van der Waals surface area contributed by atoms with E-state index in [4.69, 9.17) is 21.1 Å². The summed E-state index contributed by atoms with van der Waals surface area (Å²) in [5, 5.41) is 1.96. The van der Waals surface area contributed by atoms with E-state index in [1.165, 1.54) is 48.5 Å². The number of hydrogen-bond acceptors (Lipinski definition) is 9. The van der Waals surface area contributed by atoms with Crippen LogP contribution in [0, 0.1) is 5.92 Å². The van der Waals surface area contributed by atoms with Crippen molar-refractivity contribution >= 4 is 69.8 Å². The normalized spacial score (nSPS) is 18.7. The Morgan fingerprint density at radius 3 is 2.46 bits per heavy atom. The van der Waals surface area contributed by atoms with Gasteiger partial charge in [-0.3, -0.25) is 19.2 Å². The Morgan fingerprint density at radius 2 is 1.75 bits per heavy atom. The zero-order chi connectivity index (χ0) is 34.3. The van der Waals surface area contributed by atoms with Gasteiger partial charge in [0.2, 0.25) is 11.8 Å². The summed E-state index contributed by atoms with van der Waals surface area (Å²) in [4.78, 5) is 68.2. The first kappa shape index (κ1) is 33.3. The van der Waals surface area contributed by atoms with Gasteiger partial charge in [-0.1, -0.05) is 46.8 Å². The molecule has 4 aromatic rings. The van der Waals surface area contributed by atoms with E-state index in [9.17, 15) is 37.1 Å². The summed E-state index contributed by atoms with van der Waals surface area (Å²) in [6.07, 6.45) is -4.85. The highest BCUT2D eigenvalue weighted by Gasteiger charge is 2.57. The van der Waals surface area contributed by atoms with Gasteiger partial charge in [0.15, 0.2) is 6.61 Å². The Bertz CT molecular complexity index is 2000. The lowest BCUT2D eigenvalue weighted by Gasteiger charge is -2.31. The number of alkyl halides is 3. The molecule has 3 heterocycles. The molecule has 248 valence electrons. The molecule has 0 spiro atoms. The standard InChI is InChI=1S/C32H23ClF3N3O7S2/c1-2-45-30(43)15-7-10-17(11-8-15)37-22(40)14-46-21-12-9-16(33)13-18(21)23-24-26(47-27-25(23)48-31(44)38-27)29(42)39(28(24)41)20-6-4-3-5-19(20)32(34,35)36/h3-13,23-24,26H,2,14H2,1H3,(H,37,40)(H,38,44). The Morgan fingerprint density at radius 1 is 1.02 bits per heavy atom. The van der Waals surface area contributed by atoms with E-state index < -0.39 is 69.7 Å². The van der Waals surface area contributed by atoms with Gasteiger partial charge in [-0.15, -0.1) is 0 Å². The number of ether oxygens (including phenoxy) is 2. The first-order chi connectivity index (χ1) is 22.9. The SMILES string of the molecule is CCOC(=O)c1ccc(NC(=O)COc2ccc(Cl)cc2C2c3sc(=O)[nH]c3SC3C(=O)N(c4ccccc4C(F)(F)F)C(=O)C32)cc1. The number of hydrogen-bond donors (Lipinski definition) is 2. The van der Waals surface area contributed by atoms with Crippen molar-refractivity contribution in [2.24, 2.45) is 5.92 Å². The average Bonchev–Trinajstić information content (AvgIpc) is 3.54. The van der Waals surface area contributed by atoms with E-state index in [1.54, 1.807) is 6.92 Å². The maximum absolute atomic E-state index is 14.1. The van der Waals surface area contributed by atoms with Gasteiger partial charge in [0.25, 0.3) is 5.91 Å². The molecule has 2 aliphatic rings. The summed E-state index contributed by atoms with van der Waals surface area (Å²) in [5.74, 6) is -5.02. The minimum atomic E-state index is -4.85. The van der Waals surface area contributed by atoms with E-state index in [0.29, 0.717) is 26.1 Å². The van der Waals surface area contributed by atoms with Crippen LogP contribution in [0.5, 0.6) is 5.75 Å². The highest BCUT2D eigenvalue weighted by molar-refractivity contribution is 8.00. The highest BCUT2D eigenvalue weighted by atomic mass is 35.5. The van der Waals surface area contributed by atoms with Gasteiger partial charge in [-0.05, 0) is 61.5 Å². The third kappa shape index (κ3) is 6.32. The number of nitrogens with zero attached hydrogens (tertiary/aromatic N) is 1. The number of carbonyl (C=O) groups excluding carboxylic acids is 4. The van der Waals surface area contributed by atoms with Crippen molar-refractivity contribution < 1.29 is 41.8 Å². The number of thiazole rings is 1. The number of thioether (sulfide) groups is 1. The van der Waals surface area contributed by atoms with Crippen LogP contribution in [0.15, 0.2) is 76.6 Å². The Kier molecular flexibility index (Phi) is 9.11. The van der Waals surface area contributed by atoms with Crippen LogP contribution in [-0.2, 0) is 25.3 Å². The molecule has 2 N–H and O–H groups in total. The van der Waals surface area contributed by atoms with Crippen molar-refractivity contribution in [3.8, 4) is 5.75 Å². The molecule has 3 aromatic carbocycles. The molecule has 3 unspecified atom stereocenters. The summed E-state index contributed by atoms with van der Waals surface area (Å²) < 4.78 is 52.7. The lowest BCUT2D eigenvalue weighted by Crippen LogP contribution is -2.33. The van der Waals surface area contributed by atoms with Crippen LogP contribution < -0.4 is 19.8 Å². The fourth-order valence-electron chi connectivity index (χ4n) is 5.64. The molecule has 48 heavy (non-hydrogen) atoms. The number of aromatic nitrogens is 1. The summed E-state index contributed by atoms with van der Waals surface area (Å²) in [7, 11) is 0. The van der Waals surface area contributed by atoms with Crippen LogP contribution in [0.4, 0.5) is 24.5 Å². The fourth-order valence-corrected chi connectivity index (χ4v) is 8.32. The molecule has 10 nitrogen and oxygen atoms in total. The van der Waals surface area contributed by atoms with Crippen molar-refractivity contribution in [2.45, 2.75) is 29.3 Å². The smallest absolute Gasteiger partial charge is 0.418 e. The quantitative estimate of drug-likeness (QED) is 0.165. The van der Waals surface area contributed by atoms with E-state index in [1.807, 2.05) is 0 Å². The number of esters is 1. The topological polar surface area (TPSA) is 135 Å². The number of aromatic amines is 1. The summed E-state index contributed by atoms with van der Waals surface area (Å²) in [6.45, 7) is 1.37. The second-order valence-electron chi connectivity index (χ2n) is 10.6. The summed E-state index contributed by atoms with van der Waals surface area (Å²) in [6, 6.07) is 14.7. The third-order valence-corrected chi connectivity index (χ3v) is 10.3. The highest BCUT2D eigenvalue weighted by Crippen LogP contribution is 2.55. The maximum atomic E-state index is 14.1. The molecule has 0 saturated carbocycles. The van der Waals surface area contributed by atoms with Gasteiger partial charge in [0, 0.05) is 27.1 Å². The molecule has 3 atom stereocenters. The second kappa shape index (κ2) is 13.1. The Labute approximate surface area is 283 Å². The first-order valence-electron chi connectivity index (χ1n) is 14.3. The molecule has 0 bridgehead atoms. The number of amides is 3. The Balaban J connectivity index is 1.31. The van der Waals surface area contributed by atoms with E-state index in [-0.39, 0.29) is 22.9 Å². The van der Waals surface area contributed by atoms with Crippen molar-refractivity contribution in [1.82, 2.24) is 4.98 Å². The van der Waals surface area contributed by atoms with Crippen LogP contribution in [0.3, 0.4) is 0 Å². The zero-order valence-electron chi connectivity index (χ0n) is 24.6. The predicted octanol–water partition coefficient (Wildman–Crippen LogP) is 6.10. The molecule has 0 aliphatic carbocycles.